The van der Waals surface area contributed by atoms with Gasteiger partial charge in [-0.15, -0.1) is 0 Å². The monoisotopic (exact) mass is 268 g/mol. The molecule has 0 amide bonds. The minimum atomic E-state index is -0.740. The van der Waals surface area contributed by atoms with Crippen LogP contribution in [0.1, 0.15) is 36.3 Å². The van der Waals surface area contributed by atoms with Crippen molar-refractivity contribution in [1.29, 1.82) is 0 Å². The molecule has 0 aromatic heterocycles. The van der Waals surface area contributed by atoms with Crippen molar-refractivity contribution in [1.82, 2.24) is 0 Å². The first-order valence-electron chi connectivity index (χ1n) is 7.16. The van der Waals surface area contributed by atoms with Gasteiger partial charge in [-0.1, -0.05) is 42.5 Å². The maximum atomic E-state index is 11.2. The molecule has 1 fully saturated rings. The van der Waals surface area contributed by atoms with Crippen LogP contribution in [0.3, 0.4) is 0 Å². The van der Waals surface area contributed by atoms with E-state index in [9.17, 15) is 5.11 Å². The van der Waals surface area contributed by atoms with Crippen molar-refractivity contribution in [3.8, 4) is 5.75 Å². The zero-order chi connectivity index (χ0) is 14.0. The van der Waals surface area contributed by atoms with Gasteiger partial charge in [0.05, 0.1) is 12.7 Å². The Morgan fingerprint density at radius 1 is 1.05 bits per heavy atom. The van der Waals surface area contributed by atoms with Gasteiger partial charge in [0.25, 0.3) is 0 Å². The van der Waals surface area contributed by atoms with Crippen molar-refractivity contribution >= 4 is 0 Å². The molecule has 0 bridgehead atoms. The number of benzene rings is 2. The summed E-state index contributed by atoms with van der Waals surface area (Å²) < 4.78 is 5.21. The molecule has 3 rings (SSSR count). The van der Waals surface area contributed by atoms with E-state index in [2.05, 4.69) is 12.1 Å². The first kappa shape index (κ1) is 13.2. The summed E-state index contributed by atoms with van der Waals surface area (Å²) in [5.41, 5.74) is 1.48. The average molecular weight is 268 g/mol. The molecule has 2 aromatic carbocycles. The highest BCUT2D eigenvalue weighted by Crippen LogP contribution is 2.49. The van der Waals surface area contributed by atoms with E-state index in [0.29, 0.717) is 0 Å². The predicted molar refractivity (Wildman–Crippen MR) is 79.9 cm³/mol. The van der Waals surface area contributed by atoms with E-state index in [0.717, 1.165) is 30.6 Å². The van der Waals surface area contributed by atoms with Crippen LogP contribution in [0.2, 0.25) is 0 Å². The third-order valence-corrected chi connectivity index (χ3v) is 4.42. The van der Waals surface area contributed by atoms with E-state index >= 15 is 0 Å². The smallest absolute Gasteiger partial charge is 0.118 e. The van der Waals surface area contributed by atoms with Gasteiger partial charge in [0.1, 0.15) is 5.75 Å². The Morgan fingerprint density at radius 2 is 1.75 bits per heavy atom. The summed E-state index contributed by atoms with van der Waals surface area (Å²) in [5.74, 6) is 1.02. The van der Waals surface area contributed by atoms with Crippen molar-refractivity contribution in [3.63, 3.8) is 0 Å². The van der Waals surface area contributed by atoms with Crippen LogP contribution in [-0.4, -0.2) is 12.2 Å². The quantitative estimate of drug-likeness (QED) is 0.916. The molecule has 104 valence electrons. The van der Waals surface area contributed by atoms with Crippen LogP contribution < -0.4 is 4.74 Å². The summed E-state index contributed by atoms with van der Waals surface area (Å²) in [6, 6.07) is 18.1. The predicted octanol–water partition coefficient (Wildman–Crippen LogP) is 3.85. The lowest BCUT2D eigenvalue weighted by atomic mass is 9.80. The lowest BCUT2D eigenvalue weighted by Crippen LogP contribution is -2.28. The fourth-order valence-electron chi connectivity index (χ4n) is 3.34. The van der Waals surface area contributed by atoms with Crippen molar-refractivity contribution in [2.75, 3.05) is 7.11 Å². The summed E-state index contributed by atoms with van der Waals surface area (Å²) in [6.07, 6.45) is 2.91. The number of ether oxygens (including phenoxy) is 1. The van der Waals surface area contributed by atoms with E-state index in [1.807, 2.05) is 42.5 Å². The molecule has 2 nitrogen and oxygen atoms in total. The van der Waals surface area contributed by atoms with Crippen LogP contribution >= 0.6 is 0 Å². The van der Waals surface area contributed by atoms with Crippen LogP contribution in [0.15, 0.2) is 54.6 Å². The molecule has 1 aliphatic carbocycles. The minimum Gasteiger partial charge on any atom is -0.497 e. The zero-order valence-corrected chi connectivity index (χ0v) is 11.8. The normalized spacial score (nSPS) is 25.6. The van der Waals surface area contributed by atoms with Gasteiger partial charge in [-0.25, -0.2) is 0 Å². The SMILES string of the molecule is COc1ccc(C2CCCC2(O)c2ccccc2)cc1. The number of methoxy groups -OCH3 is 1. The highest BCUT2D eigenvalue weighted by molar-refractivity contribution is 5.35. The van der Waals surface area contributed by atoms with E-state index in [4.69, 9.17) is 4.74 Å². The second kappa shape index (κ2) is 5.29. The second-order valence-electron chi connectivity index (χ2n) is 5.51. The lowest BCUT2D eigenvalue weighted by Gasteiger charge is -2.31. The Kier molecular flexibility index (Phi) is 3.49. The van der Waals surface area contributed by atoms with Crippen LogP contribution in [0.4, 0.5) is 0 Å². The average Bonchev–Trinajstić information content (AvgIpc) is 2.91. The number of hydrogen-bond donors (Lipinski definition) is 1. The molecule has 2 heteroatoms. The number of hydrogen-bond acceptors (Lipinski definition) is 2. The number of aliphatic hydroxyl groups is 1. The lowest BCUT2D eigenvalue weighted by molar-refractivity contribution is 0.0259. The van der Waals surface area contributed by atoms with Gasteiger partial charge in [-0.2, -0.15) is 0 Å². The Morgan fingerprint density at radius 3 is 2.40 bits per heavy atom. The molecule has 0 radical (unpaired) electrons. The summed E-state index contributed by atoms with van der Waals surface area (Å²) in [7, 11) is 1.67. The topological polar surface area (TPSA) is 29.5 Å². The van der Waals surface area contributed by atoms with Crippen LogP contribution in [-0.2, 0) is 5.60 Å². The molecule has 20 heavy (non-hydrogen) atoms. The fourth-order valence-corrected chi connectivity index (χ4v) is 3.34. The highest BCUT2D eigenvalue weighted by atomic mass is 16.5. The Bertz CT molecular complexity index is 562. The molecular weight excluding hydrogens is 248 g/mol. The van der Waals surface area contributed by atoms with E-state index < -0.39 is 5.60 Å². The van der Waals surface area contributed by atoms with Crippen molar-refractivity contribution in [2.45, 2.75) is 30.8 Å². The Labute approximate surface area is 120 Å². The van der Waals surface area contributed by atoms with Crippen molar-refractivity contribution in [2.24, 2.45) is 0 Å². The molecule has 0 spiro atoms. The fraction of sp³-hybridized carbons (Fsp3) is 0.333. The van der Waals surface area contributed by atoms with Gasteiger partial charge in [0.15, 0.2) is 0 Å². The first-order chi connectivity index (χ1) is 9.74. The molecule has 1 saturated carbocycles. The van der Waals surface area contributed by atoms with E-state index in [1.165, 1.54) is 5.56 Å². The minimum absolute atomic E-state index is 0.163. The third kappa shape index (κ3) is 2.20. The largest absolute Gasteiger partial charge is 0.497 e. The summed E-state index contributed by atoms with van der Waals surface area (Å²) in [6.45, 7) is 0. The van der Waals surface area contributed by atoms with Crippen LogP contribution in [0.25, 0.3) is 0 Å². The van der Waals surface area contributed by atoms with Crippen molar-refractivity contribution in [3.05, 3.63) is 65.7 Å². The first-order valence-corrected chi connectivity index (χ1v) is 7.16. The summed E-state index contributed by atoms with van der Waals surface area (Å²) in [4.78, 5) is 0. The van der Waals surface area contributed by atoms with Gasteiger partial charge < -0.3 is 9.84 Å². The molecule has 2 unspecified atom stereocenters. The van der Waals surface area contributed by atoms with Crippen LogP contribution in [0, 0.1) is 0 Å². The van der Waals surface area contributed by atoms with Gasteiger partial charge in [-0.3, -0.25) is 0 Å². The second-order valence-corrected chi connectivity index (χ2v) is 5.51. The molecule has 1 N–H and O–H groups in total. The molecule has 0 saturated heterocycles. The van der Waals surface area contributed by atoms with E-state index in [-0.39, 0.29) is 5.92 Å². The van der Waals surface area contributed by atoms with E-state index in [1.54, 1.807) is 7.11 Å². The Balaban J connectivity index is 1.95. The van der Waals surface area contributed by atoms with Gasteiger partial charge in [0.2, 0.25) is 0 Å². The van der Waals surface area contributed by atoms with Gasteiger partial charge in [-0.05, 0) is 42.5 Å². The highest BCUT2D eigenvalue weighted by Gasteiger charge is 2.43. The summed E-state index contributed by atoms with van der Waals surface area (Å²) >= 11 is 0. The van der Waals surface area contributed by atoms with Crippen molar-refractivity contribution < 1.29 is 9.84 Å². The molecule has 2 atom stereocenters. The summed E-state index contributed by atoms with van der Waals surface area (Å²) in [5, 5.41) is 11.2. The molecule has 2 aromatic rings. The Hall–Kier alpha value is -1.80. The maximum Gasteiger partial charge on any atom is 0.118 e. The third-order valence-electron chi connectivity index (χ3n) is 4.42. The maximum absolute atomic E-state index is 11.2. The number of rotatable bonds is 3. The molecule has 1 aliphatic rings. The standard InChI is InChI=1S/C18H20O2/c1-20-16-11-9-14(10-12-16)17-8-5-13-18(17,19)15-6-3-2-4-7-15/h2-4,6-7,9-12,17,19H,5,8,13H2,1H3. The van der Waals surface area contributed by atoms with Crippen LogP contribution in [0.5, 0.6) is 5.75 Å². The molecule has 0 aliphatic heterocycles. The molecule has 0 heterocycles. The molecular formula is C18H20O2. The van der Waals surface area contributed by atoms with Gasteiger partial charge >= 0.3 is 0 Å². The zero-order valence-electron chi connectivity index (χ0n) is 11.8. The van der Waals surface area contributed by atoms with Gasteiger partial charge in [0, 0.05) is 5.92 Å².